The molecule has 3 aromatic carbocycles. The van der Waals surface area contributed by atoms with Crippen molar-refractivity contribution in [2.45, 2.75) is 50.6 Å². The molecule has 9 heteroatoms. The minimum atomic E-state index is -3.92. The third-order valence-corrected chi connectivity index (χ3v) is 8.48. The lowest BCUT2D eigenvalue weighted by molar-refractivity contribution is -0.141. The van der Waals surface area contributed by atoms with E-state index in [1.807, 2.05) is 50.2 Å². The summed E-state index contributed by atoms with van der Waals surface area (Å²) in [5.74, 6) is -0.772. The van der Waals surface area contributed by atoms with Crippen LogP contribution in [0.15, 0.2) is 83.8 Å². The van der Waals surface area contributed by atoms with Crippen molar-refractivity contribution in [2.24, 2.45) is 0 Å². The summed E-state index contributed by atoms with van der Waals surface area (Å²) < 4.78 is 27.5. The maximum Gasteiger partial charge on any atom is 0.243 e. The molecular formula is C30H36ClN3O4S. The number of benzene rings is 3. The Morgan fingerprint density at radius 1 is 0.949 bits per heavy atom. The molecule has 3 aromatic rings. The molecule has 0 aliphatic carbocycles. The van der Waals surface area contributed by atoms with Crippen LogP contribution < -0.4 is 5.32 Å². The summed E-state index contributed by atoms with van der Waals surface area (Å²) in [6, 6.07) is 22.2. The Morgan fingerprint density at radius 3 is 2.26 bits per heavy atom. The Bertz CT molecular complexity index is 1350. The summed E-state index contributed by atoms with van der Waals surface area (Å²) in [5, 5.41) is 3.47. The van der Waals surface area contributed by atoms with Crippen LogP contribution in [0.1, 0.15) is 36.5 Å². The fourth-order valence-corrected chi connectivity index (χ4v) is 5.48. The first-order valence-electron chi connectivity index (χ1n) is 13.0. The maximum absolute atomic E-state index is 13.8. The van der Waals surface area contributed by atoms with Crippen LogP contribution in [0.2, 0.25) is 5.02 Å². The van der Waals surface area contributed by atoms with Crippen LogP contribution in [0.25, 0.3) is 0 Å². The molecule has 2 amide bonds. The van der Waals surface area contributed by atoms with Gasteiger partial charge in [0.25, 0.3) is 0 Å². The number of sulfonamides is 1. The van der Waals surface area contributed by atoms with Crippen LogP contribution in [0.4, 0.5) is 0 Å². The molecular weight excluding hydrogens is 534 g/mol. The zero-order valence-electron chi connectivity index (χ0n) is 22.6. The van der Waals surface area contributed by atoms with Crippen LogP contribution in [-0.2, 0) is 32.6 Å². The van der Waals surface area contributed by atoms with E-state index in [0.717, 1.165) is 33.8 Å². The second-order valence-corrected chi connectivity index (χ2v) is 12.1. The van der Waals surface area contributed by atoms with Gasteiger partial charge >= 0.3 is 0 Å². The fraction of sp³-hybridized carbons (Fsp3) is 0.333. The van der Waals surface area contributed by atoms with Crippen LogP contribution in [0, 0.1) is 6.92 Å². The van der Waals surface area contributed by atoms with Gasteiger partial charge in [-0.2, -0.15) is 4.31 Å². The average Bonchev–Trinajstić information content (AvgIpc) is 2.91. The summed E-state index contributed by atoms with van der Waals surface area (Å²) in [5.41, 5.74) is 2.55. The number of carbonyl (C=O) groups is 2. The van der Waals surface area contributed by atoms with E-state index in [9.17, 15) is 18.0 Å². The predicted molar refractivity (Wildman–Crippen MR) is 155 cm³/mol. The molecule has 3 rings (SSSR count). The summed E-state index contributed by atoms with van der Waals surface area (Å²) >= 11 is 6.22. The minimum Gasteiger partial charge on any atom is -0.354 e. The second-order valence-electron chi connectivity index (χ2n) is 9.58. The molecule has 0 unspecified atom stereocenters. The SMILES string of the molecule is CCCCNC(=O)[C@@H](Cc1ccccc1)N(Cc1cccc(Cl)c1)C(=O)CN(C)S(=O)(=O)c1ccc(C)cc1. The van der Waals surface area contributed by atoms with Gasteiger partial charge in [-0.3, -0.25) is 9.59 Å². The molecule has 0 aromatic heterocycles. The highest BCUT2D eigenvalue weighted by Gasteiger charge is 2.33. The Balaban J connectivity index is 1.95. The van der Waals surface area contributed by atoms with Gasteiger partial charge in [0.15, 0.2) is 0 Å². The summed E-state index contributed by atoms with van der Waals surface area (Å²) in [6.07, 6.45) is 2.00. The molecule has 0 fully saturated rings. The summed E-state index contributed by atoms with van der Waals surface area (Å²) in [4.78, 5) is 28.9. The van der Waals surface area contributed by atoms with Gasteiger partial charge in [-0.15, -0.1) is 0 Å². The Kier molecular flexibility index (Phi) is 11.1. The Labute approximate surface area is 236 Å². The van der Waals surface area contributed by atoms with Gasteiger partial charge in [-0.25, -0.2) is 8.42 Å². The largest absolute Gasteiger partial charge is 0.354 e. The molecule has 0 aliphatic heterocycles. The van der Waals surface area contributed by atoms with E-state index < -0.39 is 28.5 Å². The molecule has 208 valence electrons. The van der Waals surface area contributed by atoms with E-state index in [4.69, 9.17) is 11.6 Å². The fourth-order valence-electron chi connectivity index (χ4n) is 4.15. The van der Waals surface area contributed by atoms with Gasteiger partial charge in [0.2, 0.25) is 21.8 Å². The lowest BCUT2D eigenvalue weighted by Crippen LogP contribution is -2.53. The number of hydrogen-bond acceptors (Lipinski definition) is 4. The molecule has 0 radical (unpaired) electrons. The number of halogens is 1. The normalized spacial score (nSPS) is 12.2. The number of aryl methyl sites for hydroxylation is 1. The zero-order valence-corrected chi connectivity index (χ0v) is 24.2. The number of nitrogens with zero attached hydrogens (tertiary/aromatic N) is 2. The third kappa shape index (κ3) is 8.65. The maximum atomic E-state index is 13.8. The first kappa shape index (κ1) is 30.3. The highest BCUT2D eigenvalue weighted by atomic mass is 35.5. The van der Waals surface area contributed by atoms with Gasteiger partial charge in [-0.1, -0.05) is 85.1 Å². The van der Waals surface area contributed by atoms with Crippen molar-refractivity contribution >= 4 is 33.4 Å². The van der Waals surface area contributed by atoms with E-state index >= 15 is 0 Å². The molecule has 0 bridgehead atoms. The van der Waals surface area contributed by atoms with Gasteiger partial charge in [0.05, 0.1) is 11.4 Å². The Morgan fingerprint density at radius 2 is 1.62 bits per heavy atom. The highest BCUT2D eigenvalue weighted by Crippen LogP contribution is 2.20. The van der Waals surface area contributed by atoms with Crippen LogP contribution in [-0.4, -0.2) is 55.6 Å². The quantitative estimate of drug-likeness (QED) is 0.299. The van der Waals surface area contributed by atoms with Crippen molar-refractivity contribution in [3.8, 4) is 0 Å². The first-order valence-corrected chi connectivity index (χ1v) is 14.8. The van der Waals surface area contributed by atoms with Gasteiger partial charge in [0.1, 0.15) is 6.04 Å². The van der Waals surface area contributed by atoms with Crippen molar-refractivity contribution in [3.05, 3.63) is 101 Å². The third-order valence-electron chi connectivity index (χ3n) is 6.43. The number of amides is 2. The van der Waals surface area contributed by atoms with Crippen molar-refractivity contribution < 1.29 is 18.0 Å². The lowest BCUT2D eigenvalue weighted by atomic mass is 10.0. The van der Waals surface area contributed by atoms with Crippen molar-refractivity contribution in [1.82, 2.24) is 14.5 Å². The van der Waals surface area contributed by atoms with Crippen molar-refractivity contribution in [1.29, 1.82) is 0 Å². The Hall–Kier alpha value is -3.20. The number of hydrogen-bond donors (Lipinski definition) is 1. The van der Waals surface area contributed by atoms with E-state index in [1.165, 1.54) is 24.1 Å². The molecule has 0 saturated heterocycles. The topological polar surface area (TPSA) is 86.8 Å². The number of nitrogens with one attached hydrogen (secondary N) is 1. The number of rotatable bonds is 13. The van der Waals surface area contributed by atoms with Crippen molar-refractivity contribution in [2.75, 3.05) is 20.1 Å². The molecule has 0 heterocycles. The standard InChI is InChI=1S/C30H36ClN3O4S/c1-4-5-18-32-30(36)28(20-24-10-7-6-8-11-24)34(21-25-12-9-13-26(31)19-25)29(35)22-33(3)39(37,38)27-16-14-23(2)15-17-27/h6-17,19,28H,4-5,18,20-22H2,1-3H3,(H,32,36)/t28-/m1/s1. The summed E-state index contributed by atoms with van der Waals surface area (Å²) in [6.45, 7) is 4.06. The smallest absolute Gasteiger partial charge is 0.243 e. The molecule has 39 heavy (non-hydrogen) atoms. The van der Waals surface area contributed by atoms with Crippen LogP contribution >= 0.6 is 11.6 Å². The van der Waals surface area contributed by atoms with E-state index in [1.54, 1.807) is 30.3 Å². The molecule has 7 nitrogen and oxygen atoms in total. The molecule has 0 saturated carbocycles. The van der Waals surface area contributed by atoms with Gasteiger partial charge in [0, 0.05) is 31.6 Å². The van der Waals surface area contributed by atoms with E-state index in [-0.39, 0.29) is 23.8 Å². The number of likely N-dealkylation sites (N-methyl/N-ethyl adjacent to an activating group) is 1. The minimum absolute atomic E-state index is 0.0938. The average molecular weight is 570 g/mol. The van der Waals surface area contributed by atoms with E-state index in [2.05, 4.69) is 5.32 Å². The first-order chi connectivity index (χ1) is 18.6. The number of unbranched alkanes of at least 4 members (excludes halogenated alkanes) is 1. The molecule has 0 aliphatic rings. The zero-order chi connectivity index (χ0) is 28.4. The van der Waals surface area contributed by atoms with Crippen LogP contribution in [0.3, 0.4) is 0 Å². The van der Waals surface area contributed by atoms with Crippen LogP contribution in [0.5, 0.6) is 0 Å². The summed E-state index contributed by atoms with van der Waals surface area (Å²) in [7, 11) is -2.55. The second kappa shape index (κ2) is 14.3. The predicted octanol–water partition coefficient (Wildman–Crippen LogP) is 4.83. The molecule has 0 spiro atoms. The monoisotopic (exact) mass is 569 g/mol. The van der Waals surface area contributed by atoms with Crippen molar-refractivity contribution in [3.63, 3.8) is 0 Å². The lowest BCUT2D eigenvalue weighted by Gasteiger charge is -2.32. The van der Waals surface area contributed by atoms with Gasteiger partial charge < -0.3 is 10.2 Å². The van der Waals surface area contributed by atoms with E-state index in [0.29, 0.717) is 11.6 Å². The number of carbonyl (C=O) groups excluding carboxylic acids is 2. The highest BCUT2D eigenvalue weighted by molar-refractivity contribution is 7.89. The molecule has 1 N–H and O–H groups in total. The van der Waals surface area contributed by atoms with Gasteiger partial charge in [-0.05, 0) is 48.7 Å². The molecule has 1 atom stereocenters.